The summed E-state index contributed by atoms with van der Waals surface area (Å²) in [6.07, 6.45) is 1.06. The van der Waals surface area contributed by atoms with Gasteiger partial charge >= 0.3 is 0 Å². The van der Waals surface area contributed by atoms with E-state index < -0.39 is 0 Å². The van der Waals surface area contributed by atoms with Crippen molar-refractivity contribution in [3.8, 4) is 0 Å². The van der Waals surface area contributed by atoms with E-state index in [9.17, 15) is 0 Å². The molecule has 0 saturated carbocycles. The topological polar surface area (TPSA) is 55.3 Å². The summed E-state index contributed by atoms with van der Waals surface area (Å²) in [7, 11) is 2.08. The smallest absolute Gasteiger partial charge is 0.0292 e. The van der Waals surface area contributed by atoms with Gasteiger partial charge in [0.05, 0.1) is 0 Å². The SMILES string of the molecule is CN(CCc1ccccc1)CC(N)CN. The highest BCUT2D eigenvalue weighted by molar-refractivity contribution is 5.14. The van der Waals surface area contributed by atoms with Gasteiger partial charge in [-0.15, -0.1) is 0 Å². The summed E-state index contributed by atoms with van der Waals surface area (Å²) in [5.41, 5.74) is 12.6. The Morgan fingerprint density at radius 2 is 1.93 bits per heavy atom. The third kappa shape index (κ3) is 4.93. The van der Waals surface area contributed by atoms with Crippen LogP contribution in [0.25, 0.3) is 0 Å². The first-order chi connectivity index (χ1) is 7.22. The van der Waals surface area contributed by atoms with Crippen molar-refractivity contribution < 1.29 is 0 Å². The predicted molar refractivity (Wildman–Crippen MR) is 64.7 cm³/mol. The molecule has 1 rings (SSSR count). The van der Waals surface area contributed by atoms with Crippen LogP contribution in [0.15, 0.2) is 30.3 Å². The minimum atomic E-state index is 0.0887. The fourth-order valence-corrected chi connectivity index (χ4v) is 1.53. The number of likely N-dealkylation sites (N-methyl/N-ethyl adjacent to an activating group) is 1. The predicted octanol–water partition coefficient (Wildman–Crippen LogP) is 0.447. The largest absolute Gasteiger partial charge is 0.329 e. The van der Waals surface area contributed by atoms with Gasteiger partial charge in [-0.2, -0.15) is 0 Å². The van der Waals surface area contributed by atoms with Crippen LogP contribution in [0.2, 0.25) is 0 Å². The molecule has 84 valence electrons. The highest BCUT2D eigenvalue weighted by atomic mass is 15.1. The van der Waals surface area contributed by atoms with Gasteiger partial charge in [0.15, 0.2) is 0 Å². The summed E-state index contributed by atoms with van der Waals surface area (Å²) in [6, 6.07) is 10.6. The second-order valence-corrected chi connectivity index (χ2v) is 3.99. The molecule has 3 nitrogen and oxygen atoms in total. The molecular weight excluding hydrogens is 186 g/mol. The van der Waals surface area contributed by atoms with Crippen molar-refractivity contribution in [2.24, 2.45) is 11.5 Å². The highest BCUT2D eigenvalue weighted by Crippen LogP contribution is 2.00. The molecule has 0 radical (unpaired) electrons. The van der Waals surface area contributed by atoms with E-state index in [1.165, 1.54) is 5.56 Å². The van der Waals surface area contributed by atoms with Crippen LogP contribution in [0.4, 0.5) is 0 Å². The molecule has 0 aromatic heterocycles. The zero-order valence-corrected chi connectivity index (χ0v) is 9.39. The molecule has 1 aromatic carbocycles. The van der Waals surface area contributed by atoms with Crippen molar-refractivity contribution >= 4 is 0 Å². The van der Waals surface area contributed by atoms with Gasteiger partial charge < -0.3 is 16.4 Å². The second-order valence-electron chi connectivity index (χ2n) is 3.99. The van der Waals surface area contributed by atoms with E-state index in [0.29, 0.717) is 6.54 Å². The molecule has 0 saturated heterocycles. The maximum atomic E-state index is 5.78. The molecular formula is C12H21N3. The van der Waals surface area contributed by atoms with Crippen LogP contribution in [0.3, 0.4) is 0 Å². The lowest BCUT2D eigenvalue weighted by molar-refractivity contribution is 0.316. The number of hydrogen-bond donors (Lipinski definition) is 2. The Balaban J connectivity index is 2.25. The van der Waals surface area contributed by atoms with Gasteiger partial charge in [0, 0.05) is 25.7 Å². The molecule has 0 heterocycles. The number of rotatable bonds is 6. The van der Waals surface area contributed by atoms with Crippen molar-refractivity contribution in [2.75, 3.05) is 26.7 Å². The average molecular weight is 207 g/mol. The molecule has 0 aliphatic heterocycles. The van der Waals surface area contributed by atoms with E-state index in [1.807, 2.05) is 6.07 Å². The number of benzene rings is 1. The lowest BCUT2D eigenvalue weighted by Crippen LogP contribution is -2.41. The number of hydrogen-bond acceptors (Lipinski definition) is 3. The second kappa shape index (κ2) is 6.56. The Morgan fingerprint density at radius 3 is 2.53 bits per heavy atom. The van der Waals surface area contributed by atoms with Gasteiger partial charge in [-0.3, -0.25) is 0 Å². The summed E-state index contributed by atoms with van der Waals surface area (Å²) < 4.78 is 0. The molecule has 0 spiro atoms. The van der Waals surface area contributed by atoms with Crippen LogP contribution >= 0.6 is 0 Å². The third-order valence-electron chi connectivity index (χ3n) is 2.47. The van der Waals surface area contributed by atoms with Gasteiger partial charge in [-0.25, -0.2) is 0 Å². The normalized spacial score (nSPS) is 13.1. The maximum absolute atomic E-state index is 5.78. The van der Waals surface area contributed by atoms with Gasteiger partial charge in [0.2, 0.25) is 0 Å². The Hall–Kier alpha value is -0.900. The molecule has 1 atom stereocenters. The number of nitrogens with zero attached hydrogens (tertiary/aromatic N) is 1. The zero-order chi connectivity index (χ0) is 11.1. The summed E-state index contributed by atoms with van der Waals surface area (Å²) in [5, 5.41) is 0. The van der Waals surface area contributed by atoms with Gasteiger partial charge in [0.1, 0.15) is 0 Å². The lowest BCUT2D eigenvalue weighted by Gasteiger charge is -2.20. The van der Waals surface area contributed by atoms with Gasteiger partial charge in [-0.1, -0.05) is 30.3 Å². The Labute approximate surface area is 92.1 Å². The van der Waals surface area contributed by atoms with Crippen LogP contribution in [0.1, 0.15) is 5.56 Å². The molecule has 4 N–H and O–H groups in total. The quantitative estimate of drug-likeness (QED) is 0.712. The minimum absolute atomic E-state index is 0.0887. The minimum Gasteiger partial charge on any atom is -0.329 e. The Kier molecular flexibility index (Phi) is 5.32. The first-order valence-corrected chi connectivity index (χ1v) is 5.40. The van der Waals surface area contributed by atoms with Crippen molar-refractivity contribution in [3.05, 3.63) is 35.9 Å². The molecule has 0 bridgehead atoms. The van der Waals surface area contributed by atoms with Crippen molar-refractivity contribution in [3.63, 3.8) is 0 Å². The Morgan fingerprint density at radius 1 is 1.27 bits per heavy atom. The molecule has 0 amide bonds. The maximum Gasteiger partial charge on any atom is 0.0292 e. The van der Waals surface area contributed by atoms with Crippen LogP contribution in [-0.4, -0.2) is 37.6 Å². The van der Waals surface area contributed by atoms with E-state index in [4.69, 9.17) is 11.5 Å². The van der Waals surface area contributed by atoms with Crippen LogP contribution in [0.5, 0.6) is 0 Å². The van der Waals surface area contributed by atoms with Crippen molar-refractivity contribution in [2.45, 2.75) is 12.5 Å². The molecule has 0 fully saturated rings. The third-order valence-corrected chi connectivity index (χ3v) is 2.47. The monoisotopic (exact) mass is 207 g/mol. The van der Waals surface area contributed by atoms with E-state index in [2.05, 4.69) is 36.2 Å². The molecule has 15 heavy (non-hydrogen) atoms. The molecule has 3 heteroatoms. The van der Waals surface area contributed by atoms with Crippen molar-refractivity contribution in [1.82, 2.24) is 4.90 Å². The molecule has 1 unspecified atom stereocenters. The van der Waals surface area contributed by atoms with Crippen molar-refractivity contribution in [1.29, 1.82) is 0 Å². The van der Waals surface area contributed by atoms with E-state index in [0.717, 1.165) is 19.5 Å². The summed E-state index contributed by atoms with van der Waals surface area (Å²) in [6.45, 7) is 2.44. The summed E-state index contributed by atoms with van der Waals surface area (Å²) in [4.78, 5) is 2.23. The average Bonchev–Trinajstić information content (AvgIpc) is 2.27. The number of nitrogens with two attached hydrogens (primary N) is 2. The lowest BCUT2D eigenvalue weighted by atomic mass is 10.1. The Bertz CT molecular complexity index is 261. The van der Waals surface area contributed by atoms with E-state index in [-0.39, 0.29) is 6.04 Å². The van der Waals surface area contributed by atoms with Crippen LogP contribution < -0.4 is 11.5 Å². The fourth-order valence-electron chi connectivity index (χ4n) is 1.53. The molecule has 1 aromatic rings. The molecule has 0 aliphatic rings. The summed E-state index contributed by atoms with van der Waals surface area (Å²) in [5.74, 6) is 0. The van der Waals surface area contributed by atoms with Gasteiger partial charge in [-0.05, 0) is 19.0 Å². The van der Waals surface area contributed by atoms with Crippen LogP contribution in [0, 0.1) is 0 Å². The molecule has 0 aliphatic carbocycles. The van der Waals surface area contributed by atoms with Crippen LogP contribution in [-0.2, 0) is 6.42 Å². The van der Waals surface area contributed by atoms with E-state index in [1.54, 1.807) is 0 Å². The van der Waals surface area contributed by atoms with Gasteiger partial charge in [0.25, 0.3) is 0 Å². The zero-order valence-electron chi connectivity index (χ0n) is 9.39. The fraction of sp³-hybridized carbons (Fsp3) is 0.500. The van der Waals surface area contributed by atoms with E-state index >= 15 is 0 Å². The highest BCUT2D eigenvalue weighted by Gasteiger charge is 2.04. The standard InChI is InChI=1S/C12H21N3/c1-15(10-12(14)9-13)8-7-11-5-3-2-4-6-11/h2-6,12H,7-10,13-14H2,1H3. The first kappa shape index (κ1) is 12.2. The summed E-state index contributed by atoms with van der Waals surface area (Å²) >= 11 is 0. The first-order valence-electron chi connectivity index (χ1n) is 5.40.